The summed E-state index contributed by atoms with van der Waals surface area (Å²) in [6.45, 7) is 4.23. The summed E-state index contributed by atoms with van der Waals surface area (Å²) < 4.78 is 1.44. The van der Waals surface area contributed by atoms with Crippen molar-refractivity contribution in [1.29, 1.82) is 0 Å². The number of carbonyl (C=O) groups is 1. The minimum atomic E-state index is -0.156. The van der Waals surface area contributed by atoms with Gasteiger partial charge in [-0.2, -0.15) is 0 Å². The van der Waals surface area contributed by atoms with Gasteiger partial charge in [0.2, 0.25) is 0 Å². The molecule has 0 amide bonds. The van der Waals surface area contributed by atoms with E-state index in [2.05, 4.69) is 37.0 Å². The van der Waals surface area contributed by atoms with E-state index in [1.807, 2.05) is 29.6 Å². The molecule has 0 N–H and O–H groups in total. The molecule has 0 radical (unpaired) electrons. The number of Topliss-reactive ketones (excluding diaryl/α,β-unsaturated/α-hetero) is 1. The summed E-state index contributed by atoms with van der Waals surface area (Å²) in [6.07, 6.45) is 6.19. The normalized spacial score (nSPS) is 13.5. The SMILES string of the molecule is CC(C)c1ccc(C(=O)Cn2cnc3scc(-c4ccc5c(c4)CCCC5)c3c2=O)cc1. The highest BCUT2D eigenvalue weighted by Crippen LogP contribution is 2.33. The second-order valence-corrected chi connectivity index (χ2v) is 9.76. The van der Waals surface area contributed by atoms with Gasteiger partial charge in [0.15, 0.2) is 5.78 Å². The zero-order valence-corrected chi connectivity index (χ0v) is 19.2. The van der Waals surface area contributed by atoms with Crippen LogP contribution in [0.25, 0.3) is 21.3 Å². The van der Waals surface area contributed by atoms with Gasteiger partial charge < -0.3 is 0 Å². The Morgan fingerprint density at radius 2 is 1.81 bits per heavy atom. The summed E-state index contributed by atoms with van der Waals surface area (Å²) in [7, 11) is 0. The lowest BCUT2D eigenvalue weighted by atomic mass is 9.89. The van der Waals surface area contributed by atoms with Gasteiger partial charge in [0.25, 0.3) is 5.56 Å². The van der Waals surface area contributed by atoms with E-state index in [1.165, 1.54) is 51.8 Å². The average Bonchev–Trinajstić information content (AvgIpc) is 3.25. The number of ketones is 1. The maximum absolute atomic E-state index is 13.4. The molecule has 2 aromatic carbocycles. The molecule has 4 nitrogen and oxygen atoms in total. The van der Waals surface area contributed by atoms with E-state index in [0.717, 1.165) is 24.0 Å². The van der Waals surface area contributed by atoms with E-state index in [9.17, 15) is 9.59 Å². The molecule has 5 rings (SSSR count). The lowest BCUT2D eigenvalue weighted by Gasteiger charge is -2.16. The topological polar surface area (TPSA) is 52.0 Å². The Morgan fingerprint density at radius 1 is 1.06 bits per heavy atom. The third-order valence-electron chi connectivity index (χ3n) is 6.43. The molecule has 2 heterocycles. The smallest absolute Gasteiger partial charge is 0.263 e. The van der Waals surface area contributed by atoms with Crippen molar-refractivity contribution in [3.05, 3.63) is 86.8 Å². The predicted molar refractivity (Wildman–Crippen MR) is 131 cm³/mol. The van der Waals surface area contributed by atoms with Crippen LogP contribution < -0.4 is 5.56 Å². The minimum absolute atomic E-state index is 0.0116. The number of carbonyl (C=O) groups excluding carboxylic acids is 1. The van der Waals surface area contributed by atoms with Crippen LogP contribution in [0.1, 0.15) is 59.7 Å². The van der Waals surface area contributed by atoms with Crippen molar-refractivity contribution in [1.82, 2.24) is 9.55 Å². The van der Waals surface area contributed by atoms with Crippen molar-refractivity contribution in [3.8, 4) is 11.1 Å². The highest BCUT2D eigenvalue weighted by atomic mass is 32.1. The first-order valence-corrected chi connectivity index (χ1v) is 12.1. The number of nitrogens with zero attached hydrogens (tertiary/aromatic N) is 2. The number of thiophene rings is 1. The van der Waals surface area contributed by atoms with Gasteiger partial charge in [0, 0.05) is 16.5 Å². The van der Waals surface area contributed by atoms with Crippen LogP contribution in [-0.4, -0.2) is 15.3 Å². The third-order valence-corrected chi connectivity index (χ3v) is 7.32. The Bertz CT molecular complexity index is 1360. The number of aromatic nitrogens is 2. The van der Waals surface area contributed by atoms with Gasteiger partial charge in [-0.3, -0.25) is 14.2 Å². The van der Waals surface area contributed by atoms with Crippen LogP contribution in [0.15, 0.2) is 59.0 Å². The summed E-state index contributed by atoms with van der Waals surface area (Å²) in [5.74, 6) is 0.322. The molecule has 0 fully saturated rings. The molecule has 0 unspecified atom stereocenters. The zero-order valence-electron chi connectivity index (χ0n) is 18.4. The standard InChI is InChI=1S/C27H26N2O2S/c1-17(2)18-7-10-20(11-8-18)24(30)14-29-16-28-26-25(27(29)31)23(15-32-26)22-12-9-19-5-3-4-6-21(19)13-22/h7-13,15-17H,3-6,14H2,1-2H3. The van der Waals surface area contributed by atoms with Gasteiger partial charge in [0.1, 0.15) is 4.83 Å². The van der Waals surface area contributed by atoms with Crippen LogP contribution >= 0.6 is 11.3 Å². The first-order chi connectivity index (χ1) is 15.5. The fraction of sp³-hybridized carbons (Fsp3) is 0.296. The number of hydrogen-bond acceptors (Lipinski definition) is 4. The molecule has 0 atom stereocenters. The molecular formula is C27H26N2O2S. The minimum Gasteiger partial charge on any atom is -0.292 e. The molecule has 0 bridgehead atoms. The Kier molecular flexibility index (Phi) is 5.51. The van der Waals surface area contributed by atoms with Crippen molar-refractivity contribution < 1.29 is 4.79 Å². The van der Waals surface area contributed by atoms with Crippen LogP contribution in [0.3, 0.4) is 0 Å². The van der Waals surface area contributed by atoms with Gasteiger partial charge in [-0.05, 0) is 53.9 Å². The van der Waals surface area contributed by atoms with E-state index in [4.69, 9.17) is 0 Å². The van der Waals surface area contributed by atoms with E-state index in [-0.39, 0.29) is 17.9 Å². The molecule has 1 aliphatic rings. The van der Waals surface area contributed by atoms with Crippen molar-refractivity contribution in [3.63, 3.8) is 0 Å². The van der Waals surface area contributed by atoms with Crippen LogP contribution in [0.4, 0.5) is 0 Å². The average molecular weight is 443 g/mol. The number of fused-ring (bicyclic) bond motifs is 2. The highest BCUT2D eigenvalue weighted by molar-refractivity contribution is 7.17. The lowest BCUT2D eigenvalue weighted by Crippen LogP contribution is -2.24. The third kappa shape index (κ3) is 3.82. The van der Waals surface area contributed by atoms with E-state index >= 15 is 0 Å². The first kappa shape index (κ1) is 20.8. The van der Waals surface area contributed by atoms with E-state index < -0.39 is 0 Å². The van der Waals surface area contributed by atoms with Gasteiger partial charge in [-0.25, -0.2) is 4.98 Å². The molecular weight excluding hydrogens is 416 g/mol. The molecule has 1 aliphatic carbocycles. The maximum Gasteiger partial charge on any atom is 0.263 e. The maximum atomic E-state index is 13.4. The summed E-state index contributed by atoms with van der Waals surface area (Å²) in [4.78, 5) is 31.4. The summed E-state index contributed by atoms with van der Waals surface area (Å²) >= 11 is 1.48. The number of hydrogen-bond donors (Lipinski definition) is 0. The van der Waals surface area contributed by atoms with Gasteiger partial charge in [-0.15, -0.1) is 11.3 Å². The molecule has 2 aromatic heterocycles. The number of aryl methyl sites for hydroxylation is 2. The summed E-state index contributed by atoms with van der Waals surface area (Å²) in [5, 5.41) is 2.62. The molecule has 0 saturated carbocycles. The van der Waals surface area contributed by atoms with Crippen LogP contribution in [0, 0.1) is 0 Å². The molecule has 0 aliphatic heterocycles. The zero-order chi connectivity index (χ0) is 22.2. The molecule has 0 saturated heterocycles. The lowest BCUT2D eigenvalue weighted by molar-refractivity contribution is 0.0970. The van der Waals surface area contributed by atoms with Crippen LogP contribution in [-0.2, 0) is 19.4 Å². The largest absolute Gasteiger partial charge is 0.292 e. The van der Waals surface area contributed by atoms with Crippen molar-refractivity contribution in [2.45, 2.75) is 52.0 Å². The second-order valence-electron chi connectivity index (χ2n) is 8.90. The predicted octanol–water partition coefficient (Wildman–Crippen LogP) is 6.01. The molecule has 5 heteroatoms. The van der Waals surface area contributed by atoms with Gasteiger partial charge in [-0.1, -0.05) is 56.3 Å². The van der Waals surface area contributed by atoms with Crippen LogP contribution in [0.5, 0.6) is 0 Å². The Balaban J connectivity index is 1.49. The molecule has 32 heavy (non-hydrogen) atoms. The quantitative estimate of drug-likeness (QED) is 0.356. The number of rotatable bonds is 5. The van der Waals surface area contributed by atoms with Crippen molar-refractivity contribution >= 4 is 27.3 Å². The van der Waals surface area contributed by atoms with E-state index in [0.29, 0.717) is 21.7 Å². The van der Waals surface area contributed by atoms with Crippen molar-refractivity contribution in [2.24, 2.45) is 0 Å². The summed E-state index contributed by atoms with van der Waals surface area (Å²) in [5.41, 5.74) is 6.43. The van der Waals surface area contributed by atoms with Crippen molar-refractivity contribution in [2.75, 3.05) is 0 Å². The first-order valence-electron chi connectivity index (χ1n) is 11.2. The molecule has 162 valence electrons. The second kappa shape index (κ2) is 8.47. The monoisotopic (exact) mass is 442 g/mol. The highest BCUT2D eigenvalue weighted by Gasteiger charge is 2.17. The Morgan fingerprint density at radius 3 is 2.56 bits per heavy atom. The van der Waals surface area contributed by atoms with Gasteiger partial charge >= 0.3 is 0 Å². The Hall–Kier alpha value is -3.05. The molecule has 4 aromatic rings. The summed E-state index contributed by atoms with van der Waals surface area (Å²) in [6, 6.07) is 14.2. The number of benzene rings is 2. The fourth-order valence-corrected chi connectivity index (χ4v) is 5.40. The Labute approximate surface area is 191 Å². The van der Waals surface area contributed by atoms with Gasteiger partial charge in [0.05, 0.1) is 18.3 Å². The molecule has 0 spiro atoms. The van der Waals surface area contributed by atoms with Crippen LogP contribution in [0.2, 0.25) is 0 Å². The fourth-order valence-electron chi connectivity index (χ4n) is 4.49. The van der Waals surface area contributed by atoms with E-state index in [1.54, 1.807) is 0 Å².